The number of ether oxygens (including phenoxy) is 2. The number of hydrogen-bond donors (Lipinski definition) is 1. The molecule has 2 aliphatic rings. The van der Waals surface area contributed by atoms with Gasteiger partial charge in [0.05, 0.1) is 13.2 Å². The van der Waals surface area contributed by atoms with Crippen molar-refractivity contribution in [3.8, 4) is 0 Å². The molecule has 4 rings (SSSR count). The van der Waals surface area contributed by atoms with E-state index in [9.17, 15) is 4.79 Å². The summed E-state index contributed by atoms with van der Waals surface area (Å²) < 4.78 is 11.6. The highest BCUT2D eigenvalue weighted by molar-refractivity contribution is 5.95. The van der Waals surface area contributed by atoms with Crippen molar-refractivity contribution in [1.29, 1.82) is 0 Å². The van der Waals surface area contributed by atoms with E-state index in [0.717, 1.165) is 37.4 Å². The number of aromatic nitrogens is 2. The molecule has 3 heterocycles. The zero-order valence-corrected chi connectivity index (χ0v) is 14.8. The first-order chi connectivity index (χ1) is 12.6. The van der Waals surface area contributed by atoms with E-state index in [4.69, 9.17) is 9.47 Å². The summed E-state index contributed by atoms with van der Waals surface area (Å²) in [4.78, 5) is 22.5. The summed E-state index contributed by atoms with van der Waals surface area (Å²) in [5.41, 5.74) is 1.50. The number of nitrogens with one attached hydrogen (secondary N) is 1. The highest BCUT2D eigenvalue weighted by Crippen LogP contribution is 2.33. The molecule has 0 radical (unpaired) electrons. The Labute approximate surface area is 152 Å². The molecule has 0 saturated carbocycles. The van der Waals surface area contributed by atoms with E-state index in [1.807, 2.05) is 24.3 Å². The molecule has 136 valence electrons. The van der Waals surface area contributed by atoms with Crippen LogP contribution in [0.2, 0.25) is 0 Å². The van der Waals surface area contributed by atoms with Gasteiger partial charge in [-0.3, -0.25) is 4.79 Å². The molecule has 2 saturated heterocycles. The Morgan fingerprint density at radius 1 is 1.15 bits per heavy atom. The fourth-order valence-electron chi connectivity index (χ4n) is 3.41. The van der Waals surface area contributed by atoms with Gasteiger partial charge in [0.1, 0.15) is 18.0 Å². The summed E-state index contributed by atoms with van der Waals surface area (Å²) in [6.45, 7) is 4.58. The third-order valence-corrected chi connectivity index (χ3v) is 4.86. The molecule has 26 heavy (non-hydrogen) atoms. The van der Waals surface area contributed by atoms with Gasteiger partial charge in [-0.2, -0.15) is 0 Å². The maximum absolute atomic E-state index is 11.5. The minimum absolute atomic E-state index is 0.0376. The molecule has 0 amide bonds. The van der Waals surface area contributed by atoms with Gasteiger partial charge in [-0.1, -0.05) is 12.1 Å². The molecular weight excluding hydrogens is 332 g/mol. The summed E-state index contributed by atoms with van der Waals surface area (Å²) in [6.07, 6.45) is 3.22. The molecule has 0 atom stereocenters. The second-order valence-electron chi connectivity index (χ2n) is 6.62. The first-order valence-electron chi connectivity index (χ1n) is 8.87. The molecule has 1 N–H and O–H groups in total. The van der Waals surface area contributed by atoms with Gasteiger partial charge in [-0.25, -0.2) is 9.97 Å². The molecule has 0 bridgehead atoms. The molecule has 2 aromatic rings. The molecule has 2 fully saturated rings. The monoisotopic (exact) mass is 354 g/mol. The molecule has 1 spiro atoms. The summed E-state index contributed by atoms with van der Waals surface area (Å²) in [6, 6.07) is 9.31. The van der Waals surface area contributed by atoms with Crippen LogP contribution in [0.15, 0.2) is 36.7 Å². The normalized spacial score (nSPS) is 18.9. The standard InChI is InChI=1S/C19H22N4O3/c1-14(24)15-3-2-4-16(11-15)22-17-12-18(21-13-20-17)23-7-5-19(6-8-23)25-9-10-26-19/h2-4,11-13H,5-10H2,1H3,(H,20,21,22). The number of benzene rings is 1. The molecule has 1 aromatic heterocycles. The number of piperidine rings is 1. The Morgan fingerprint density at radius 2 is 1.92 bits per heavy atom. The number of rotatable bonds is 4. The number of Topliss-reactive ketones (excluding diaryl/α,β-unsaturated/α-hetero) is 1. The van der Waals surface area contributed by atoms with Crippen molar-refractivity contribution in [2.75, 3.05) is 36.5 Å². The lowest BCUT2D eigenvalue weighted by molar-refractivity contribution is -0.169. The van der Waals surface area contributed by atoms with E-state index in [1.54, 1.807) is 19.3 Å². The Hall–Kier alpha value is -2.51. The van der Waals surface area contributed by atoms with Gasteiger partial charge >= 0.3 is 0 Å². The van der Waals surface area contributed by atoms with Crippen molar-refractivity contribution in [2.24, 2.45) is 0 Å². The van der Waals surface area contributed by atoms with Gasteiger partial charge < -0.3 is 19.7 Å². The topological polar surface area (TPSA) is 76.6 Å². The predicted molar refractivity (Wildman–Crippen MR) is 97.8 cm³/mol. The van der Waals surface area contributed by atoms with E-state index < -0.39 is 5.79 Å². The van der Waals surface area contributed by atoms with Crippen LogP contribution >= 0.6 is 0 Å². The third kappa shape index (κ3) is 3.54. The van der Waals surface area contributed by atoms with Gasteiger partial charge in [0, 0.05) is 43.2 Å². The van der Waals surface area contributed by atoms with E-state index in [2.05, 4.69) is 20.2 Å². The Balaban J connectivity index is 1.45. The quantitative estimate of drug-likeness (QED) is 0.846. The van der Waals surface area contributed by atoms with E-state index in [1.165, 1.54) is 0 Å². The molecule has 2 aliphatic heterocycles. The molecule has 0 aliphatic carbocycles. The van der Waals surface area contributed by atoms with Crippen LogP contribution in [-0.2, 0) is 9.47 Å². The maximum atomic E-state index is 11.5. The van der Waals surface area contributed by atoms with Crippen molar-refractivity contribution in [1.82, 2.24) is 9.97 Å². The summed E-state index contributed by atoms with van der Waals surface area (Å²) in [5, 5.41) is 3.25. The number of anilines is 3. The van der Waals surface area contributed by atoms with Gasteiger partial charge in [0.25, 0.3) is 0 Å². The smallest absolute Gasteiger partial charge is 0.171 e. The highest BCUT2D eigenvalue weighted by Gasteiger charge is 2.40. The second-order valence-corrected chi connectivity index (χ2v) is 6.62. The highest BCUT2D eigenvalue weighted by atomic mass is 16.7. The van der Waals surface area contributed by atoms with Gasteiger partial charge in [-0.15, -0.1) is 0 Å². The first kappa shape index (κ1) is 16.9. The minimum atomic E-state index is -0.391. The number of ketones is 1. The van der Waals surface area contributed by atoms with Crippen LogP contribution in [-0.4, -0.2) is 47.8 Å². The SMILES string of the molecule is CC(=O)c1cccc(Nc2cc(N3CCC4(CC3)OCCO4)ncn2)c1. The third-order valence-electron chi connectivity index (χ3n) is 4.86. The van der Waals surface area contributed by atoms with E-state index >= 15 is 0 Å². The first-order valence-corrected chi connectivity index (χ1v) is 8.87. The average Bonchev–Trinajstić information content (AvgIpc) is 3.11. The molecule has 1 aromatic carbocycles. The van der Waals surface area contributed by atoms with Gasteiger partial charge in [0.2, 0.25) is 0 Å². The van der Waals surface area contributed by atoms with Crippen LogP contribution in [0, 0.1) is 0 Å². The second kappa shape index (κ2) is 7.01. The number of hydrogen-bond acceptors (Lipinski definition) is 7. The Kier molecular flexibility index (Phi) is 4.57. The average molecular weight is 354 g/mol. The van der Waals surface area contributed by atoms with Gasteiger partial charge in [-0.05, 0) is 19.1 Å². The van der Waals surface area contributed by atoms with Crippen LogP contribution in [0.4, 0.5) is 17.3 Å². The van der Waals surface area contributed by atoms with Crippen LogP contribution in [0.1, 0.15) is 30.1 Å². The number of carbonyl (C=O) groups is 1. The largest absolute Gasteiger partial charge is 0.356 e. The zero-order valence-electron chi connectivity index (χ0n) is 14.8. The Morgan fingerprint density at radius 3 is 2.65 bits per heavy atom. The zero-order chi connectivity index (χ0) is 18.0. The minimum Gasteiger partial charge on any atom is -0.356 e. The van der Waals surface area contributed by atoms with Crippen LogP contribution in [0.3, 0.4) is 0 Å². The molecule has 7 heteroatoms. The van der Waals surface area contributed by atoms with E-state index in [0.29, 0.717) is 24.6 Å². The van der Waals surface area contributed by atoms with E-state index in [-0.39, 0.29) is 5.78 Å². The van der Waals surface area contributed by atoms with Crippen molar-refractivity contribution in [3.05, 3.63) is 42.2 Å². The fraction of sp³-hybridized carbons (Fsp3) is 0.421. The fourth-order valence-corrected chi connectivity index (χ4v) is 3.41. The van der Waals surface area contributed by atoms with Crippen molar-refractivity contribution < 1.29 is 14.3 Å². The lowest BCUT2D eigenvalue weighted by atomic mass is 10.0. The number of nitrogens with zero attached hydrogens (tertiary/aromatic N) is 3. The van der Waals surface area contributed by atoms with Crippen molar-refractivity contribution in [3.63, 3.8) is 0 Å². The van der Waals surface area contributed by atoms with Crippen molar-refractivity contribution in [2.45, 2.75) is 25.6 Å². The molecule has 7 nitrogen and oxygen atoms in total. The maximum Gasteiger partial charge on any atom is 0.171 e. The summed E-state index contributed by atoms with van der Waals surface area (Å²) in [7, 11) is 0. The van der Waals surface area contributed by atoms with Crippen LogP contribution in [0.5, 0.6) is 0 Å². The van der Waals surface area contributed by atoms with Crippen LogP contribution < -0.4 is 10.2 Å². The Bertz CT molecular complexity index is 795. The lowest BCUT2D eigenvalue weighted by Gasteiger charge is -2.38. The molecule has 0 unspecified atom stereocenters. The summed E-state index contributed by atoms with van der Waals surface area (Å²) in [5.74, 6) is 1.22. The van der Waals surface area contributed by atoms with Gasteiger partial charge in [0.15, 0.2) is 11.6 Å². The lowest BCUT2D eigenvalue weighted by Crippen LogP contribution is -2.45. The molecular formula is C19H22N4O3. The van der Waals surface area contributed by atoms with Crippen LogP contribution in [0.25, 0.3) is 0 Å². The van der Waals surface area contributed by atoms with Crippen molar-refractivity contribution >= 4 is 23.1 Å². The number of carbonyl (C=O) groups excluding carboxylic acids is 1. The summed E-state index contributed by atoms with van der Waals surface area (Å²) >= 11 is 0. The predicted octanol–water partition coefficient (Wildman–Crippen LogP) is 2.77.